The maximum absolute atomic E-state index is 9.73. The predicted octanol–water partition coefficient (Wildman–Crippen LogP) is 3.78. The number of ether oxygens (including phenoxy) is 1. The summed E-state index contributed by atoms with van der Waals surface area (Å²) in [5.41, 5.74) is 2.61. The Kier molecular flexibility index (Phi) is 4.56. The minimum Gasteiger partial charge on any atom is -0.487 e. The Morgan fingerprint density at radius 2 is 2.11 bits per heavy atom. The van der Waals surface area contributed by atoms with Crippen molar-refractivity contribution in [3.8, 4) is 5.75 Å². The van der Waals surface area contributed by atoms with Crippen molar-refractivity contribution < 1.29 is 9.84 Å². The minimum atomic E-state index is -0.562. The Morgan fingerprint density at radius 3 is 2.79 bits per heavy atom. The van der Waals surface area contributed by atoms with Gasteiger partial charge in [-0.05, 0) is 38.1 Å². The van der Waals surface area contributed by atoms with Gasteiger partial charge in [0.25, 0.3) is 0 Å². The molecule has 19 heavy (non-hydrogen) atoms. The van der Waals surface area contributed by atoms with Crippen molar-refractivity contribution in [1.82, 2.24) is 4.98 Å². The quantitative estimate of drug-likeness (QED) is 0.931. The number of nitrogens with zero attached hydrogens (tertiary/aromatic N) is 1. The number of hydrogen-bond acceptors (Lipinski definition) is 3. The fourth-order valence-electron chi connectivity index (χ4n) is 1.81. The van der Waals surface area contributed by atoms with E-state index in [4.69, 9.17) is 4.74 Å². The first kappa shape index (κ1) is 14.0. The zero-order valence-corrected chi connectivity index (χ0v) is 12.5. The van der Waals surface area contributed by atoms with E-state index in [1.807, 2.05) is 43.3 Å². The molecular weight excluding hydrogens is 306 g/mol. The number of hydrogen-bond donors (Lipinski definition) is 1. The molecule has 0 radical (unpaired) electrons. The van der Waals surface area contributed by atoms with Gasteiger partial charge in [-0.15, -0.1) is 0 Å². The van der Waals surface area contributed by atoms with Gasteiger partial charge in [-0.2, -0.15) is 0 Å². The van der Waals surface area contributed by atoms with E-state index in [1.165, 1.54) is 0 Å². The molecular formula is C15H16BrNO2. The zero-order valence-electron chi connectivity index (χ0n) is 10.9. The molecule has 1 aromatic heterocycles. The Labute approximate surface area is 121 Å². The number of benzene rings is 1. The van der Waals surface area contributed by atoms with Crippen LogP contribution in [0.1, 0.15) is 30.0 Å². The third-order valence-corrected chi connectivity index (χ3v) is 3.24. The topological polar surface area (TPSA) is 42.4 Å². The standard InChI is InChI=1S/C15H16BrNO2/c1-10-4-3-5-13(17-10)9-19-15-8-12(16)6-7-14(15)11(2)18/h3-8,11,18H,9H2,1-2H3/t11-/m1/s1. The van der Waals surface area contributed by atoms with Gasteiger partial charge in [-0.25, -0.2) is 0 Å². The smallest absolute Gasteiger partial charge is 0.130 e. The van der Waals surface area contributed by atoms with Gasteiger partial charge in [0.05, 0.1) is 11.8 Å². The summed E-state index contributed by atoms with van der Waals surface area (Å²) in [6, 6.07) is 11.4. The molecule has 1 N–H and O–H groups in total. The SMILES string of the molecule is Cc1cccc(COc2cc(Br)ccc2[C@@H](C)O)n1. The maximum atomic E-state index is 9.73. The van der Waals surface area contributed by atoms with Gasteiger partial charge in [0.15, 0.2) is 0 Å². The van der Waals surface area contributed by atoms with E-state index >= 15 is 0 Å². The van der Waals surface area contributed by atoms with Gasteiger partial charge in [-0.3, -0.25) is 4.98 Å². The second kappa shape index (κ2) is 6.17. The van der Waals surface area contributed by atoms with Crippen molar-refractivity contribution in [3.05, 3.63) is 57.8 Å². The molecule has 2 aromatic rings. The first-order valence-electron chi connectivity index (χ1n) is 6.09. The monoisotopic (exact) mass is 321 g/mol. The molecule has 0 aliphatic carbocycles. The summed E-state index contributed by atoms with van der Waals surface area (Å²) in [5, 5.41) is 9.73. The van der Waals surface area contributed by atoms with Gasteiger partial charge < -0.3 is 9.84 Å². The average molecular weight is 322 g/mol. The predicted molar refractivity (Wildman–Crippen MR) is 78.1 cm³/mol. The molecule has 100 valence electrons. The van der Waals surface area contributed by atoms with Crippen LogP contribution < -0.4 is 4.74 Å². The second-order valence-corrected chi connectivity index (χ2v) is 5.33. The van der Waals surface area contributed by atoms with Crippen molar-refractivity contribution >= 4 is 15.9 Å². The molecule has 0 bridgehead atoms. The fourth-order valence-corrected chi connectivity index (χ4v) is 2.15. The van der Waals surface area contributed by atoms with E-state index in [1.54, 1.807) is 6.92 Å². The van der Waals surface area contributed by atoms with Gasteiger partial charge in [-0.1, -0.05) is 28.1 Å². The van der Waals surface area contributed by atoms with Crippen molar-refractivity contribution in [2.45, 2.75) is 26.6 Å². The van der Waals surface area contributed by atoms with Gasteiger partial charge >= 0.3 is 0 Å². The van der Waals surface area contributed by atoms with Crippen molar-refractivity contribution in [2.75, 3.05) is 0 Å². The lowest BCUT2D eigenvalue weighted by Gasteiger charge is -2.13. The normalized spacial score (nSPS) is 12.2. The molecule has 0 unspecified atom stereocenters. The third-order valence-electron chi connectivity index (χ3n) is 2.75. The Hall–Kier alpha value is -1.39. The summed E-state index contributed by atoms with van der Waals surface area (Å²) >= 11 is 3.41. The van der Waals surface area contributed by atoms with E-state index in [0.29, 0.717) is 12.4 Å². The number of aliphatic hydroxyl groups excluding tert-OH is 1. The van der Waals surface area contributed by atoms with Crippen LogP contribution in [0.25, 0.3) is 0 Å². The molecule has 4 heteroatoms. The van der Waals surface area contributed by atoms with Crippen LogP contribution in [-0.4, -0.2) is 10.1 Å². The summed E-state index contributed by atoms with van der Waals surface area (Å²) in [6.07, 6.45) is -0.562. The second-order valence-electron chi connectivity index (χ2n) is 4.42. The molecule has 1 heterocycles. The van der Waals surface area contributed by atoms with E-state index < -0.39 is 6.10 Å². The number of aryl methyl sites for hydroxylation is 1. The molecule has 1 atom stereocenters. The van der Waals surface area contributed by atoms with Gasteiger partial charge in [0, 0.05) is 15.7 Å². The Morgan fingerprint density at radius 1 is 1.32 bits per heavy atom. The molecule has 2 rings (SSSR count). The maximum Gasteiger partial charge on any atom is 0.130 e. The minimum absolute atomic E-state index is 0.387. The largest absolute Gasteiger partial charge is 0.487 e. The highest BCUT2D eigenvalue weighted by Crippen LogP contribution is 2.29. The number of pyridine rings is 1. The van der Waals surface area contributed by atoms with Gasteiger partial charge in [0.1, 0.15) is 12.4 Å². The summed E-state index contributed by atoms with van der Waals surface area (Å²) in [6.45, 7) is 4.06. The van der Waals surface area contributed by atoms with E-state index in [0.717, 1.165) is 21.4 Å². The van der Waals surface area contributed by atoms with Crippen LogP contribution >= 0.6 is 15.9 Å². The lowest BCUT2D eigenvalue weighted by molar-refractivity contribution is 0.189. The molecule has 0 amide bonds. The average Bonchev–Trinajstić information content (AvgIpc) is 2.36. The first-order chi connectivity index (χ1) is 9.06. The van der Waals surface area contributed by atoms with Crippen molar-refractivity contribution in [1.29, 1.82) is 0 Å². The highest BCUT2D eigenvalue weighted by atomic mass is 79.9. The van der Waals surface area contributed by atoms with Crippen LogP contribution in [0, 0.1) is 6.92 Å². The van der Waals surface area contributed by atoms with Gasteiger partial charge in [0.2, 0.25) is 0 Å². The first-order valence-corrected chi connectivity index (χ1v) is 6.88. The van der Waals surface area contributed by atoms with Crippen molar-refractivity contribution in [2.24, 2.45) is 0 Å². The molecule has 0 aliphatic heterocycles. The highest BCUT2D eigenvalue weighted by molar-refractivity contribution is 9.10. The fraction of sp³-hybridized carbons (Fsp3) is 0.267. The van der Waals surface area contributed by atoms with E-state index in [2.05, 4.69) is 20.9 Å². The number of rotatable bonds is 4. The Balaban J connectivity index is 2.17. The van der Waals surface area contributed by atoms with Crippen LogP contribution in [-0.2, 0) is 6.61 Å². The molecule has 0 saturated carbocycles. The summed E-state index contributed by atoms with van der Waals surface area (Å²) in [7, 11) is 0. The molecule has 3 nitrogen and oxygen atoms in total. The molecule has 0 saturated heterocycles. The molecule has 0 spiro atoms. The molecule has 0 aliphatic rings. The van der Waals surface area contributed by atoms with E-state index in [-0.39, 0.29) is 0 Å². The van der Waals surface area contributed by atoms with Crippen LogP contribution in [0.15, 0.2) is 40.9 Å². The number of aliphatic hydroxyl groups is 1. The van der Waals surface area contributed by atoms with Crippen LogP contribution in [0.2, 0.25) is 0 Å². The lowest BCUT2D eigenvalue weighted by atomic mass is 10.1. The number of aromatic nitrogens is 1. The van der Waals surface area contributed by atoms with Crippen LogP contribution in [0.4, 0.5) is 0 Å². The zero-order chi connectivity index (χ0) is 13.8. The van der Waals surface area contributed by atoms with Crippen LogP contribution in [0.5, 0.6) is 5.75 Å². The number of halogens is 1. The summed E-state index contributed by atoms with van der Waals surface area (Å²) < 4.78 is 6.69. The molecule has 1 aromatic carbocycles. The summed E-state index contributed by atoms with van der Waals surface area (Å²) in [5.74, 6) is 0.674. The lowest BCUT2D eigenvalue weighted by Crippen LogP contribution is -2.03. The van der Waals surface area contributed by atoms with Crippen molar-refractivity contribution in [3.63, 3.8) is 0 Å². The molecule has 0 fully saturated rings. The summed E-state index contributed by atoms with van der Waals surface area (Å²) in [4.78, 5) is 4.39. The third kappa shape index (κ3) is 3.78. The highest BCUT2D eigenvalue weighted by Gasteiger charge is 2.10. The Bertz CT molecular complexity index is 570. The van der Waals surface area contributed by atoms with Crippen LogP contribution in [0.3, 0.4) is 0 Å². The van der Waals surface area contributed by atoms with E-state index in [9.17, 15) is 5.11 Å².